The van der Waals surface area contributed by atoms with E-state index in [1.807, 2.05) is 24.3 Å². The molecule has 0 atom stereocenters. The molecule has 0 saturated carbocycles. The number of furan rings is 1. The summed E-state index contributed by atoms with van der Waals surface area (Å²) in [5.41, 5.74) is 0.929. The highest BCUT2D eigenvalue weighted by atomic mass is 16.5. The van der Waals surface area contributed by atoms with E-state index in [-0.39, 0.29) is 0 Å². The minimum atomic E-state index is 0.502. The van der Waals surface area contributed by atoms with Crippen LogP contribution in [0.4, 0.5) is 5.69 Å². The van der Waals surface area contributed by atoms with E-state index in [0.717, 1.165) is 23.6 Å². The predicted octanol–water partition coefficient (Wildman–Crippen LogP) is 2.87. The second kappa shape index (κ2) is 7.55. The van der Waals surface area contributed by atoms with Crippen LogP contribution in [-0.2, 0) is 17.7 Å². The van der Waals surface area contributed by atoms with Crippen molar-refractivity contribution in [3.8, 4) is 5.88 Å². The molecule has 5 heteroatoms. The quantitative estimate of drug-likeness (QED) is 0.751. The van der Waals surface area contributed by atoms with E-state index >= 15 is 0 Å². The summed E-state index contributed by atoms with van der Waals surface area (Å²) in [6, 6.07) is 7.75. The highest BCUT2D eigenvalue weighted by Crippen LogP contribution is 2.14. The fourth-order valence-electron chi connectivity index (χ4n) is 1.70. The molecule has 108 valence electrons. The van der Waals surface area contributed by atoms with Gasteiger partial charge in [0.2, 0.25) is 5.88 Å². The Kier molecular flexibility index (Phi) is 5.43. The predicted molar refractivity (Wildman–Crippen MR) is 77.0 cm³/mol. The van der Waals surface area contributed by atoms with E-state index in [2.05, 4.69) is 17.2 Å². The molecule has 0 saturated heterocycles. The van der Waals surface area contributed by atoms with Crippen molar-refractivity contribution in [2.45, 2.75) is 19.9 Å². The maximum Gasteiger partial charge on any atom is 0.213 e. The summed E-state index contributed by atoms with van der Waals surface area (Å²) in [4.78, 5) is 4.21. The molecule has 0 aromatic carbocycles. The Balaban J connectivity index is 1.81. The van der Waals surface area contributed by atoms with Crippen LogP contribution >= 0.6 is 0 Å². The van der Waals surface area contributed by atoms with Crippen molar-refractivity contribution in [1.29, 1.82) is 0 Å². The van der Waals surface area contributed by atoms with Gasteiger partial charge in [0.05, 0.1) is 25.0 Å². The van der Waals surface area contributed by atoms with Gasteiger partial charge in [-0.15, -0.1) is 0 Å². The summed E-state index contributed by atoms with van der Waals surface area (Å²) in [7, 11) is 1.64. The van der Waals surface area contributed by atoms with Crippen LogP contribution in [-0.4, -0.2) is 25.3 Å². The third-order valence-corrected chi connectivity index (χ3v) is 2.81. The van der Waals surface area contributed by atoms with Gasteiger partial charge in [-0.1, -0.05) is 6.92 Å². The van der Waals surface area contributed by atoms with Crippen LogP contribution in [0.5, 0.6) is 5.88 Å². The molecular weight excluding hydrogens is 256 g/mol. The summed E-state index contributed by atoms with van der Waals surface area (Å²) < 4.78 is 15.9. The Hall–Kier alpha value is -2.01. The molecule has 0 radical (unpaired) electrons. The molecule has 0 aliphatic rings. The summed E-state index contributed by atoms with van der Waals surface area (Å²) in [6.07, 6.45) is 2.65. The van der Waals surface area contributed by atoms with Crippen LogP contribution in [0, 0.1) is 0 Å². The zero-order valence-corrected chi connectivity index (χ0v) is 11.9. The number of hydrogen-bond acceptors (Lipinski definition) is 5. The number of ether oxygens (including phenoxy) is 2. The second-order valence-electron chi connectivity index (χ2n) is 4.30. The molecule has 0 unspecified atom stereocenters. The average molecular weight is 276 g/mol. The largest absolute Gasteiger partial charge is 0.475 e. The molecule has 2 rings (SSSR count). The molecule has 0 amide bonds. The smallest absolute Gasteiger partial charge is 0.213 e. The zero-order chi connectivity index (χ0) is 14.2. The van der Waals surface area contributed by atoms with Crippen LogP contribution in [0.3, 0.4) is 0 Å². The number of nitrogens with one attached hydrogen (secondary N) is 1. The van der Waals surface area contributed by atoms with Gasteiger partial charge in [0.1, 0.15) is 18.1 Å². The normalized spacial score (nSPS) is 10.5. The van der Waals surface area contributed by atoms with E-state index in [9.17, 15) is 0 Å². The van der Waals surface area contributed by atoms with Crippen molar-refractivity contribution >= 4 is 5.69 Å². The molecule has 0 bridgehead atoms. The van der Waals surface area contributed by atoms with Gasteiger partial charge >= 0.3 is 0 Å². The lowest BCUT2D eigenvalue weighted by Crippen LogP contribution is -2.05. The van der Waals surface area contributed by atoms with Crippen molar-refractivity contribution in [3.05, 3.63) is 42.0 Å². The highest BCUT2D eigenvalue weighted by Gasteiger charge is 2.01. The molecule has 5 nitrogen and oxygen atoms in total. The first-order chi connectivity index (χ1) is 9.81. The lowest BCUT2D eigenvalue weighted by Gasteiger charge is -2.07. The molecular formula is C15H20N2O3. The first-order valence-corrected chi connectivity index (χ1v) is 6.71. The Morgan fingerprint density at radius 1 is 1.15 bits per heavy atom. The second-order valence-corrected chi connectivity index (χ2v) is 4.30. The van der Waals surface area contributed by atoms with E-state index in [1.54, 1.807) is 13.3 Å². The van der Waals surface area contributed by atoms with Crippen LogP contribution in [0.25, 0.3) is 0 Å². The van der Waals surface area contributed by atoms with Gasteiger partial charge in [0.15, 0.2) is 0 Å². The Morgan fingerprint density at radius 3 is 2.65 bits per heavy atom. The lowest BCUT2D eigenvalue weighted by molar-refractivity contribution is 0.144. The first-order valence-electron chi connectivity index (χ1n) is 6.71. The van der Waals surface area contributed by atoms with E-state index in [4.69, 9.17) is 13.9 Å². The van der Waals surface area contributed by atoms with Crippen LogP contribution in [0.2, 0.25) is 0 Å². The molecule has 0 spiro atoms. The topological polar surface area (TPSA) is 56.5 Å². The van der Waals surface area contributed by atoms with Gasteiger partial charge in [-0.3, -0.25) is 0 Å². The molecule has 0 aliphatic heterocycles. The van der Waals surface area contributed by atoms with Crippen LogP contribution < -0.4 is 10.1 Å². The Bertz CT molecular complexity index is 508. The monoisotopic (exact) mass is 276 g/mol. The number of nitrogens with zero attached hydrogens (tertiary/aromatic N) is 1. The van der Waals surface area contributed by atoms with Gasteiger partial charge in [-0.2, -0.15) is 0 Å². The Labute approximate surface area is 118 Å². The minimum Gasteiger partial charge on any atom is -0.475 e. The number of rotatable bonds is 8. The number of aromatic nitrogens is 1. The number of anilines is 1. The molecule has 1 N–H and O–H groups in total. The summed E-state index contributed by atoms with van der Waals surface area (Å²) >= 11 is 0. The maximum atomic E-state index is 5.62. The van der Waals surface area contributed by atoms with Crippen LogP contribution in [0.15, 0.2) is 34.9 Å². The van der Waals surface area contributed by atoms with Gasteiger partial charge < -0.3 is 19.2 Å². The van der Waals surface area contributed by atoms with E-state index < -0.39 is 0 Å². The van der Waals surface area contributed by atoms with Crippen molar-refractivity contribution in [1.82, 2.24) is 4.98 Å². The third kappa shape index (κ3) is 4.28. The van der Waals surface area contributed by atoms with Crippen molar-refractivity contribution in [2.24, 2.45) is 0 Å². The molecule has 0 aliphatic carbocycles. The molecule has 2 heterocycles. The maximum absolute atomic E-state index is 5.62. The standard InChI is InChI=1S/C15H20N2O3/c1-3-13-5-6-14(20-13)11-16-12-4-7-15(17-10-12)19-9-8-18-2/h4-7,10,16H,3,8-9,11H2,1-2H3. The Morgan fingerprint density at radius 2 is 2.00 bits per heavy atom. The average Bonchev–Trinajstić information content (AvgIpc) is 2.95. The van der Waals surface area contributed by atoms with Gasteiger partial charge in [0, 0.05) is 19.6 Å². The number of methoxy groups -OCH3 is 1. The number of aryl methyl sites for hydroxylation is 1. The molecule has 0 fully saturated rings. The minimum absolute atomic E-state index is 0.502. The number of hydrogen-bond donors (Lipinski definition) is 1. The SMILES string of the molecule is CCc1ccc(CNc2ccc(OCCOC)nc2)o1. The highest BCUT2D eigenvalue weighted by molar-refractivity contribution is 5.42. The van der Waals surface area contributed by atoms with Crippen molar-refractivity contribution in [3.63, 3.8) is 0 Å². The van der Waals surface area contributed by atoms with Gasteiger partial charge in [-0.25, -0.2) is 4.98 Å². The molecule has 2 aromatic rings. The zero-order valence-electron chi connectivity index (χ0n) is 11.9. The fraction of sp³-hybridized carbons (Fsp3) is 0.400. The molecule has 20 heavy (non-hydrogen) atoms. The van der Waals surface area contributed by atoms with E-state index in [0.29, 0.717) is 25.6 Å². The summed E-state index contributed by atoms with van der Waals surface area (Å²) in [5.74, 6) is 2.52. The molecule has 2 aromatic heterocycles. The van der Waals surface area contributed by atoms with Gasteiger partial charge in [-0.05, 0) is 18.2 Å². The van der Waals surface area contributed by atoms with Crippen LogP contribution in [0.1, 0.15) is 18.4 Å². The van der Waals surface area contributed by atoms with E-state index in [1.165, 1.54) is 0 Å². The summed E-state index contributed by atoms with van der Waals surface area (Å²) in [6.45, 7) is 3.77. The fourth-order valence-corrected chi connectivity index (χ4v) is 1.70. The number of pyridine rings is 1. The van der Waals surface area contributed by atoms with Crippen molar-refractivity contribution < 1.29 is 13.9 Å². The summed E-state index contributed by atoms with van der Waals surface area (Å²) in [5, 5.41) is 3.26. The van der Waals surface area contributed by atoms with Gasteiger partial charge in [0.25, 0.3) is 0 Å². The van der Waals surface area contributed by atoms with Crippen molar-refractivity contribution in [2.75, 3.05) is 25.6 Å². The lowest BCUT2D eigenvalue weighted by atomic mass is 10.3. The third-order valence-electron chi connectivity index (χ3n) is 2.81. The first kappa shape index (κ1) is 14.4.